The molecule has 0 unspecified atom stereocenters. The van der Waals surface area contributed by atoms with Gasteiger partial charge in [0, 0.05) is 6.42 Å². The SMILES string of the molecule is C/C=C(\C)CCC(=O)c1cccs1. The van der Waals surface area contributed by atoms with Crippen LogP contribution in [0.4, 0.5) is 0 Å². The number of ketones is 1. The average Bonchev–Trinajstić information content (AvgIpc) is 2.66. The van der Waals surface area contributed by atoms with E-state index < -0.39 is 0 Å². The van der Waals surface area contributed by atoms with Crippen molar-refractivity contribution in [2.75, 3.05) is 0 Å². The molecule has 0 fully saturated rings. The molecule has 0 saturated heterocycles. The van der Waals surface area contributed by atoms with Crippen molar-refractivity contribution in [3.63, 3.8) is 0 Å². The molecule has 1 aromatic heterocycles. The topological polar surface area (TPSA) is 17.1 Å². The van der Waals surface area contributed by atoms with Crippen molar-refractivity contribution in [2.45, 2.75) is 26.7 Å². The summed E-state index contributed by atoms with van der Waals surface area (Å²) in [6, 6.07) is 3.80. The van der Waals surface area contributed by atoms with Crippen molar-refractivity contribution in [1.29, 1.82) is 0 Å². The molecule has 70 valence electrons. The van der Waals surface area contributed by atoms with Gasteiger partial charge in [-0.25, -0.2) is 0 Å². The van der Waals surface area contributed by atoms with Crippen LogP contribution in [-0.2, 0) is 0 Å². The first-order valence-corrected chi connectivity index (χ1v) is 5.30. The Morgan fingerprint density at radius 2 is 2.31 bits per heavy atom. The molecule has 0 atom stereocenters. The number of allylic oxidation sites excluding steroid dienone is 2. The summed E-state index contributed by atoms with van der Waals surface area (Å²) in [4.78, 5) is 12.4. The van der Waals surface area contributed by atoms with Crippen molar-refractivity contribution in [3.8, 4) is 0 Å². The van der Waals surface area contributed by atoms with Gasteiger partial charge < -0.3 is 0 Å². The van der Waals surface area contributed by atoms with Crippen LogP contribution in [0.15, 0.2) is 29.2 Å². The minimum atomic E-state index is 0.260. The highest BCUT2D eigenvalue weighted by Gasteiger charge is 2.05. The maximum Gasteiger partial charge on any atom is 0.173 e. The molecule has 0 aromatic carbocycles. The van der Waals surface area contributed by atoms with E-state index in [2.05, 4.69) is 13.0 Å². The number of hydrogen-bond acceptors (Lipinski definition) is 2. The van der Waals surface area contributed by atoms with Crippen LogP contribution >= 0.6 is 11.3 Å². The molecule has 2 heteroatoms. The Morgan fingerprint density at radius 3 is 2.85 bits per heavy atom. The molecule has 1 heterocycles. The Hall–Kier alpha value is -0.890. The first-order valence-electron chi connectivity index (χ1n) is 4.42. The van der Waals surface area contributed by atoms with Crippen LogP contribution in [0.5, 0.6) is 0 Å². The van der Waals surface area contributed by atoms with E-state index in [1.807, 2.05) is 24.4 Å². The number of thiophene rings is 1. The number of carbonyl (C=O) groups is 1. The maximum absolute atomic E-state index is 11.5. The van der Waals surface area contributed by atoms with Gasteiger partial charge in [-0.3, -0.25) is 4.79 Å². The normalized spacial score (nSPS) is 11.7. The first kappa shape index (κ1) is 10.2. The predicted octanol–water partition coefficient (Wildman–Crippen LogP) is 3.68. The smallest absolute Gasteiger partial charge is 0.173 e. The summed E-state index contributed by atoms with van der Waals surface area (Å²) >= 11 is 1.52. The highest BCUT2D eigenvalue weighted by Crippen LogP contribution is 2.14. The lowest BCUT2D eigenvalue weighted by molar-refractivity contribution is 0.0986. The maximum atomic E-state index is 11.5. The second kappa shape index (κ2) is 4.97. The second-order valence-corrected chi connectivity index (χ2v) is 3.98. The fourth-order valence-corrected chi connectivity index (χ4v) is 1.71. The van der Waals surface area contributed by atoms with Crippen LogP contribution in [0, 0.1) is 0 Å². The van der Waals surface area contributed by atoms with E-state index in [4.69, 9.17) is 0 Å². The van der Waals surface area contributed by atoms with Gasteiger partial charge in [-0.1, -0.05) is 17.7 Å². The molecule has 0 aliphatic heterocycles. The van der Waals surface area contributed by atoms with Crippen molar-refractivity contribution in [3.05, 3.63) is 34.0 Å². The molecule has 0 bridgehead atoms. The minimum Gasteiger partial charge on any atom is -0.293 e. The lowest BCUT2D eigenvalue weighted by Crippen LogP contribution is -1.95. The van der Waals surface area contributed by atoms with Crippen LogP contribution in [-0.4, -0.2) is 5.78 Å². The lowest BCUT2D eigenvalue weighted by atomic mass is 10.1. The molecular weight excluding hydrogens is 180 g/mol. The van der Waals surface area contributed by atoms with Crippen molar-refractivity contribution in [2.24, 2.45) is 0 Å². The Morgan fingerprint density at radius 1 is 1.54 bits per heavy atom. The molecule has 0 aliphatic carbocycles. The molecule has 0 amide bonds. The zero-order valence-electron chi connectivity index (χ0n) is 8.04. The van der Waals surface area contributed by atoms with Crippen LogP contribution in [0.2, 0.25) is 0 Å². The average molecular weight is 194 g/mol. The van der Waals surface area contributed by atoms with Gasteiger partial charge in [-0.2, -0.15) is 0 Å². The first-order chi connectivity index (χ1) is 6.24. The van der Waals surface area contributed by atoms with E-state index in [1.54, 1.807) is 0 Å². The number of hydrogen-bond donors (Lipinski definition) is 0. The van der Waals surface area contributed by atoms with Crippen LogP contribution < -0.4 is 0 Å². The van der Waals surface area contributed by atoms with Crippen LogP contribution in [0.3, 0.4) is 0 Å². The summed E-state index contributed by atoms with van der Waals surface area (Å²) in [6.45, 7) is 4.06. The van der Waals surface area contributed by atoms with Gasteiger partial charge in [0.15, 0.2) is 5.78 Å². The number of rotatable bonds is 4. The second-order valence-electron chi connectivity index (χ2n) is 3.04. The Bertz CT molecular complexity index is 296. The zero-order valence-corrected chi connectivity index (χ0v) is 8.86. The molecule has 1 aromatic rings. The monoisotopic (exact) mass is 194 g/mol. The molecular formula is C11H14OS. The van der Waals surface area contributed by atoms with Gasteiger partial charge in [0.2, 0.25) is 0 Å². The van der Waals surface area contributed by atoms with E-state index in [-0.39, 0.29) is 5.78 Å². The predicted molar refractivity (Wildman–Crippen MR) is 57.3 cm³/mol. The summed E-state index contributed by atoms with van der Waals surface area (Å²) in [7, 11) is 0. The lowest BCUT2D eigenvalue weighted by Gasteiger charge is -1.98. The van der Waals surface area contributed by atoms with Crippen molar-refractivity contribution in [1.82, 2.24) is 0 Å². The quantitative estimate of drug-likeness (QED) is 0.528. The standard InChI is InChI=1S/C11H14OS/c1-3-9(2)6-7-10(12)11-5-4-8-13-11/h3-5,8H,6-7H2,1-2H3/b9-3+. The highest BCUT2D eigenvalue weighted by molar-refractivity contribution is 7.12. The van der Waals surface area contributed by atoms with Crippen molar-refractivity contribution >= 4 is 17.1 Å². The molecule has 0 N–H and O–H groups in total. The Labute approximate surface area is 83.1 Å². The van der Waals surface area contributed by atoms with E-state index in [1.165, 1.54) is 16.9 Å². The fraction of sp³-hybridized carbons (Fsp3) is 0.364. The molecule has 1 nitrogen and oxygen atoms in total. The third kappa shape index (κ3) is 3.15. The third-order valence-corrected chi connectivity index (χ3v) is 2.95. The van der Waals surface area contributed by atoms with E-state index in [0.29, 0.717) is 6.42 Å². The molecule has 13 heavy (non-hydrogen) atoms. The van der Waals surface area contributed by atoms with Gasteiger partial charge in [-0.05, 0) is 31.7 Å². The Kier molecular flexibility index (Phi) is 3.90. The Balaban J connectivity index is 2.44. The third-order valence-electron chi connectivity index (χ3n) is 2.04. The largest absolute Gasteiger partial charge is 0.293 e. The van der Waals surface area contributed by atoms with Gasteiger partial charge in [-0.15, -0.1) is 11.3 Å². The highest BCUT2D eigenvalue weighted by atomic mass is 32.1. The molecule has 0 radical (unpaired) electrons. The van der Waals surface area contributed by atoms with Gasteiger partial charge in [0.1, 0.15) is 0 Å². The van der Waals surface area contributed by atoms with E-state index >= 15 is 0 Å². The molecule has 0 aliphatic rings. The number of carbonyl (C=O) groups excluding carboxylic acids is 1. The molecule has 1 rings (SSSR count). The van der Waals surface area contributed by atoms with Crippen LogP contribution in [0.1, 0.15) is 36.4 Å². The van der Waals surface area contributed by atoms with E-state index in [9.17, 15) is 4.79 Å². The summed E-state index contributed by atoms with van der Waals surface area (Å²) in [5.74, 6) is 0.260. The molecule has 0 saturated carbocycles. The van der Waals surface area contributed by atoms with E-state index in [0.717, 1.165) is 11.3 Å². The fourth-order valence-electron chi connectivity index (χ4n) is 1.02. The number of Topliss-reactive ketones (excluding diaryl/α,β-unsaturated/α-hetero) is 1. The summed E-state index contributed by atoms with van der Waals surface area (Å²) < 4.78 is 0. The van der Waals surface area contributed by atoms with Gasteiger partial charge >= 0.3 is 0 Å². The molecule has 0 spiro atoms. The minimum absolute atomic E-state index is 0.260. The van der Waals surface area contributed by atoms with Gasteiger partial charge in [0.05, 0.1) is 4.88 Å². The summed E-state index contributed by atoms with van der Waals surface area (Å²) in [6.07, 6.45) is 3.58. The summed E-state index contributed by atoms with van der Waals surface area (Å²) in [5.41, 5.74) is 1.28. The van der Waals surface area contributed by atoms with Crippen molar-refractivity contribution < 1.29 is 4.79 Å². The van der Waals surface area contributed by atoms with Crippen LogP contribution in [0.25, 0.3) is 0 Å². The summed E-state index contributed by atoms with van der Waals surface area (Å²) in [5, 5.41) is 1.94. The van der Waals surface area contributed by atoms with Gasteiger partial charge in [0.25, 0.3) is 0 Å². The zero-order chi connectivity index (χ0) is 9.68.